The van der Waals surface area contributed by atoms with E-state index >= 15 is 0 Å². The van der Waals surface area contributed by atoms with E-state index < -0.39 is 5.97 Å². The third-order valence-corrected chi connectivity index (χ3v) is 2.83. The Morgan fingerprint density at radius 3 is 2.47 bits per heavy atom. The van der Waals surface area contributed by atoms with Crippen molar-refractivity contribution in [1.82, 2.24) is 25.0 Å². The Balaban J connectivity index is 2.47. The zero-order valence-corrected chi connectivity index (χ0v) is 11.1. The molecule has 2 aromatic rings. The molecule has 0 atom stereocenters. The number of aryl methyl sites for hydroxylation is 3. The average molecular weight is 261 g/mol. The molecule has 7 nitrogen and oxygen atoms in total. The molecule has 0 fully saturated rings. The predicted octanol–water partition coefficient (Wildman–Crippen LogP) is 1.19. The quantitative estimate of drug-likeness (QED) is 0.888. The molecule has 0 bridgehead atoms. The standard InChI is InChI=1S/C12H15N5O2/c1-4-9-10(5-2)14-15-12(13-9)17-6-8(11(18)19)7(3)16-17/h6H,4-5H2,1-3H3,(H,18,19). The molecule has 0 unspecified atom stereocenters. The summed E-state index contributed by atoms with van der Waals surface area (Å²) in [5.74, 6) is -0.720. The summed E-state index contributed by atoms with van der Waals surface area (Å²) in [6.45, 7) is 5.61. The molecule has 2 heterocycles. The number of rotatable bonds is 4. The number of carbonyl (C=O) groups is 1. The average Bonchev–Trinajstić information content (AvgIpc) is 2.80. The minimum atomic E-state index is -1.02. The number of carboxylic acid groups (broad SMARTS) is 1. The van der Waals surface area contributed by atoms with Crippen LogP contribution in [0.2, 0.25) is 0 Å². The van der Waals surface area contributed by atoms with Gasteiger partial charge in [0.1, 0.15) is 5.56 Å². The Kier molecular flexibility index (Phi) is 3.55. The van der Waals surface area contributed by atoms with Gasteiger partial charge in [-0.15, -0.1) is 10.2 Å². The highest BCUT2D eigenvalue weighted by molar-refractivity contribution is 5.88. The molecule has 0 amide bonds. The number of hydrogen-bond acceptors (Lipinski definition) is 5. The van der Waals surface area contributed by atoms with Crippen LogP contribution >= 0.6 is 0 Å². The molecule has 0 spiro atoms. The first-order valence-corrected chi connectivity index (χ1v) is 6.09. The molecule has 0 aromatic carbocycles. The largest absolute Gasteiger partial charge is 0.478 e. The van der Waals surface area contributed by atoms with E-state index in [0.717, 1.165) is 24.2 Å². The van der Waals surface area contributed by atoms with Gasteiger partial charge in [0.2, 0.25) is 0 Å². The van der Waals surface area contributed by atoms with Crippen molar-refractivity contribution in [2.24, 2.45) is 0 Å². The molecule has 100 valence electrons. The minimum absolute atomic E-state index is 0.140. The van der Waals surface area contributed by atoms with Crippen LogP contribution in [0.5, 0.6) is 0 Å². The van der Waals surface area contributed by atoms with E-state index in [4.69, 9.17) is 5.11 Å². The van der Waals surface area contributed by atoms with Crippen LogP contribution < -0.4 is 0 Å². The summed E-state index contributed by atoms with van der Waals surface area (Å²) in [5, 5.41) is 21.2. The van der Waals surface area contributed by atoms with Gasteiger partial charge in [-0.2, -0.15) is 5.10 Å². The van der Waals surface area contributed by atoms with Gasteiger partial charge >= 0.3 is 5.97 Å². The van der Waals surface area contributed by atoms with Crippen LogP contribution in [0.25, 0.3) is 5.95 Å². The van der Waals surface area contributed by atoms with E-state index in [9.17, 15) is 4.79 Å². The van der Waals surface area contributed by atoms with Gasteiger partial charge in [0.05, 0.1) is 17.1 Å². The van der Waals surface area contributed by atoms with Crippen LogP contribution in [0, 0.1) is 6.92 Å². The molecule has 0 radical (unpaired) electrons. The maximum absolute atomic E-state index is 11.0. The van der Waals surface area contributed by atoms with Crippen molar-refractivity contribution in [2.75, 3.05) is 0 Å². The van der Waals surface area contributed by atoms with Crippen molar-refractivity contribution in [3.05, 3.63) is 28.8 Å². The minimum Gasteiger partial charge on any atom is -0.478 e. The smallest absolute Gasteiger partial charge is 0.339 e. The third-order valence-electron chi connectivity index (χ3n) is 2.83. The Labute approximate surface area is 110 Å². The number of aromatic nitrogens is 5. The second kappa shape index (κ2) is 5.13. The van der Waals surface area contributed by atoms with Crippen molar-refractivity contribution >= 4 is 5.97 Å². The highest BCUT2D eigenvalue weighted by Crippen LogP contribution is 2.10. The Bertz CT molecular complexity index is 621. The van der Waals surface area contributed by atoms with Crippen LogP contribution in [0.4, 0.5) is 0 Å². The van der Waals surface area contributed by atoms with Crippen molar-refractivity contribution in [2.45, 2.75) is 33.6 Å². The molecule has 2 rings (SSSR count). The van der Waals surface area contributed by atoms with E-state index in [1.165, 1.54) is 10.9 Å². The van der Waals surface area contributed by atoms with Gasteiger partial charge in [0.15, 0.2) is 0 Å². The molecule has 0 aliphatic heterocycles. The van der Waals surface area contributed by atoms with Crippen LogP contribution in [0.3, 0.4) is 0 Å². The summed E-state index contributed by atoms with van der Waals surface area (Å²) in [6, 6.07) is 0. The fourth-order valence-corrected chi connectivity index (χ4v) is 1.80. The van der Waals surface area contributed by atoms with Crippen LogP contribution in [-0.2, 0) is 12.8 Å². The lowest BCUT2D eigenvalue weighted by Gasteiger charge is -2.04. The van der Waals surface area contributed by atoms with Gasteiger partial charge in [-0.1, -0.05) is 13.8 Å². The van der Waals surface area contributed by atoms with Crippen LogP contribution in [-0.4, -0.2) is 36.0 Å². The molecule has 1 N–H and O–H groups in total. The first-order chi connectivity index (χ1) is 9.06. The Morgan fingerprint density at radius 2 is 1.95 bits per heavy atom. The summed E-state index contributed by atoms with van der Waals surface area (Å²) in [7, 11) is 0. The lowest BCUT2D eigenvalue weighted by molar-refractivity contribution is 0.0696. The molecular weight excluding hydrogens is 246 g/mol. The van der Waals surface area contributed by atoms with E-state index in [2.05, 4.69) is 20.3 Å². The molecular formula is C12H15N5O2. The van der Waals surface area contributed by atoms with Crippen molar-refractivity contribution in [1.29, 1.82) is 0 Å². The Hall–Kier alpha value is -2.31. The zero-order chi connectivity index (χ0) is 14.0. The third kappa shape index (κ3) is 2.44. The fraction of sp³-hybridized carbons (Fsp3) is 0.417. The SMILES string of the molecule is CCc1nnc(-n2cc(C(=O)O)c(C)n2)nc1CC. The molecule has 0 aliphatic rings. The van der Waals surface area contributed by atoms with Gasteiger partial charge < -0.3 is 5.11 Å². The summed E-state index contributed by atoms with van der Waals surface area (Å²) in [6.07, 6.45) is 2.92. The van der Waals surface area contributed by atoms with Gasteiger partial charge in [-0.3, -0.25) is 0 Å². The number of nitrogens with zero attached hydrogens (tertiary/aromatic N) is 5. The van der Waals surface area contributed by atoms with Gasteiger partial charge in [-0.05, 0) is 19.8 Å². The van der Waals surface area contributed by atoms with Crippen molar-refractivity contribution in [3.8, 4) is 5.95 Å². The van der Waals surface area contributed by atoms with E-state index in [1.807, 2.05) is 13.8 Å². The Morgan fingerprint density at radius 1 is 1.26 bits per heavy atom. The number of aromatic carboxylic acids is 1. The van der Waals surface area contributed by atoms with E-state index in [1.54, 1.807) is 6.92 Å². The van der Waals surface area contributed by atoms with Crippen LogP contribution in [0.1, 0.15) is 41.3 Å². The van der Waals surface area contributed by atoms with Crippen LogP contribution in [0.15, 0.2) is 6.20 Å². The van der Waals surface area contributed by atoms with Crippen molar-refractivity contribution < 1.29 is 9.90 Å². The maximum atomic E-state index is 11.0. The second-order valence-corrected chi connectivity index (χ2v) is 4.09. The maximum Gasteiger partial charge on any atom is 0.339 e. The van der Waals surface area contributed by atoms with E-state index in [0.29, 0.717) is 11.6 Å². The van der Waals surface area contributed by atoms with Gasteiger partial charge in [0.25, 0.3) is 5.95 Å². The molecule has 0 saturated heterocycles. The second-order valence-electron chi connectivity index (χ2n) is 4.09. The zero-order valence-electron chi connectivity index (χ0n) is 11.1. The normalized spacial score (nSPS) is 10.7. The predicted molar refractivity (Wildman–Crippen MR) is 67.4 cm³/mol. The fourth-order valence-electron chi connectivity index (χ4n) is 1.80. The molecule has 2 aromatic heterocycles. The summed E-state index contributed by atoms with van der Waals surface area (Å²) in [4.78, 5) is 15.4. The van der Waals surface area contributed by atoms with Gasteiger partial charge in [0, 0.05) is 6.20 Å². The first kappa shape index (κ1) is 13.1. The monoisotopic (exact) mass is 261 g/mol. The van der Waals surface area contributed by atoms with Gasteiger partial charge in [-0.25, -0.2) is 14.5 Å². The highest BCUT2D eigenvalue weighted by atomic mass is 16.4. The lowest BCUT2D eigenvalue weighted by atomic mass is 10.2. The highest BCUT2D eigenvalue weighted by Gasteiger charge is 2.15. The number of carboxylic acids is 1. The van der Waals surface area contributed by atoms with Crippen molar-refractivity contribution in [3.63, 3.8) is 0 Å². The number of hydrogen-bond donors (Lipinski definition) is 1. The topological polar surface area (TPSA) is 93.8 Å². The molecule has 0 aliphatic carbocycles. The molecule has 19 heavy (non-hydrogen) atoms. The molecule has 7 heteroatoms. The lowest BCUT2D eigenvalue weighted by Crippen LogP contribution is -2.09. The summed E-state index contributed by atoms with van der Waals surface area (Å²) >= 11 is 0. The van der Waals surface area contributed by atoms with E-state index in [-0.39, 0.29) is 5.56 Å². The summed E-state index contributed by atoms with van der Waals surface area (Å²) < 4.78 is 1.35. The molecule has 0 saturated carbocycles. The summed E-state index contributed by atoms with van der Waals surface area (Å²) in [5.41, 5.74) is 2.28. The first-order valence-electron chi connectivity index (χ1n) is 6.09.